The molecule has 0 aliphatic heterocycles. The Kier molecular flexibility index (Phi) is 16.1. The van der Waals surface area contributed by atoms with Gasteiger partial charge in [-0.25, -0.2) is 0 Å². The van der Waals surface area contributed by atoms with E-state index in [9.17, 15) is 0 Å². The molecule has 1 nitrogen and oxygen atoms in total. The van der Waals surface area contributed by atoms with Gasteiger partial charge in [0.2, 0.25) is 0 Å². The molecule has 0 saturated heterocycles. The molecule has 0 N–H and O–H groups in total. The first kappa shape index (κ1) is 48.0. The van der Waals surface area contributed by atoms with Crippen molar-refractivity contribution in [2.45, 2.75) is 117 Å². The van der Waals surface area contributed by atoms with E-state index < -0.39 is 8.80 Å². The Labute approximate surface area is 379 Å². The molecule has 0 saturated carbocycles. The van der Waals surface area contributed by atoms with Crippen LogP contribution in [0.1, 0.15) is 114 Å². The van der Waals surface area contributed by atoms with E-state index in [0.717, 1.165) is 12.2 Å². The minimum absolute atomic E-state index is 0. The molecule has 1 aliphatic carbocycles. The third-order valence-corrected chi connectivity index (χ3v) is 13.5. The number of rotatable bonds is 10. The molecule has 0 aromatic heterocycles. The number of hydrogen-bond acceptors (Lipinski definition) is 1. The largest absolute Gasteiger partial charge is 3.00 e. The maximum absolute atomic E-state index is 5.84. The number of unbranched alkanes of at least 4 members (excludes halogenated alkanes) is 3. The van der Waals surface area contributed by atoms with Crippen LogP contribution in [-0.2, 0) is 42.4 Å². The van der Waals surface area contributed by atoms with Crippen LogP contribution in [0.5, 0.6) is 5.75 Å². The van der Waals surface area contributed by atoms with Crippen LogP contribution in [0, 0.1) is 21.3 Å². The van der Waals surface area contributed by atoms with Gasteiger partial charge < -0.3 is 19.1 Å². The van der Waals surface area contributed by atoms with E-state index in [1.54, 1.807) is 12.3 Å². The molecule has 3 heteroatoms. The smallest absolute Gasteiger partial charge is 0.496 e. The average molecular weight is 876 g/mol. The molecule has 1 unspecified atom stereocenters. The van der Waals surface area contributed by atoms with Crippen LogP contribution in [0.2, 0.25) is 13.1 Å². The fourth-order valence-electron chi connectivity index (χ4n) is 9.38. The van der Waals surface area contributed by atoms with Gasteiger partial charge in [-0.3, -0.25) is 0 Å². The standard InChI is InChI=1S/C28H29.C27H36OSi.CH3.Zr/c1-3-4-5-13-20-28(2)26-19-12-9-16-23(26)21-27(28)25-18-11-10-17-24(25)22-14-7-6-8-15-22;1-17-16-21-18(12-11-13-20(21)25(17)29(9)10)19-14-15-22(28-8)24(27(5,6)7)23(19)26(2,3)4;;/h6-12,14-19,21H,2-5,13,20H2,1H3;11-16H,1-10H3;1H3;/q3*-1;+3. The Balaban J connectivity index is 0.000000252. The summed E-state index contributed by atoms with van der Waals surface area (Å²) in [4.78, 5) is 0. The van der Waals surface area contributed by atoms with Gasteiger partial charge in [-0.2, -0.15) is 6.07 Å². The molecule has 1 atom stereocenters. The second kappa shape index (κ2) is 19.8. The number of fused-ring (bicyclic) bond motifs is 2. The SMILES string of the molecule is COc1ccc(-c2cccc3c2cc(C)[c-]3[Si](C)C)c(C(C)(C)C)c1C(C)(C)C.[CH2-]C1(CCCCCC)C(c2ccccc2-c2ccccc2)=Cc2ccccc21.[CH3-].[Zr+3]. The van der Waals surface area contributed by atoms with E-state index in [4.69, 9.17) is 11.7 Å². The molecular formula is C56H68OSiZr. The van der Waals surface area contributed by atoms with E-state index in [0.29, 0.717) is 0 Å². The molecule has 0 fully saturated rings. The summed E-state index contributed by atoms with van der Waals surface area (Å²) in [6.45, 7) is 28.0. The quantitative estimate of drug-likeness (QED) is 0.0757. The summed E-state index contributed by atoms with van der Waals surface area (Å²) in [5.41, 5.74) is 14.6. The topological polar surface area (TPSA) is 9.23 Å². The number of allylic oxidation sites excluding steroid dienone is 1. The van der Waals surface area contributed by atoms with Crippen molar-refractivity contribution < 1.29 is 30.9 Å². The molecule has 0 heterocycles. The molecule has 0 spiro atoms. The van der Waals surface area contributed by atoms with Crippen molar-refractivity contribution in [3.8, 4) is 28.0 Å². The van der Waals surface area contributed by atoms with Gasteiger partial charge >= 0.3 is 26.2 Å². The van der Waals surface area contributed by atoms with Crippen LogP contribution in [0.4, 0.5) is 0 Å². The second-order valence-corrected chi connectivity index (χ2v) is 21.0. The summed E-state index contributed by atoms with van der Waals surface area (Å²) in [6.07, 6.45) is 8.54. The molecule has 306 valence electrons. The predicted octanol–water partition coefficient (Wildman–Crippen LogP) is 15.5. The van der Waals surface area contributed by atoms with Crippen LogP contribution in [0.25, 0.3) is 44.7 Å². The first-order chi connectivity index (χ1) is 27.1. The summed E-state index contributed by atoms with van der Waals surface area (Å²) in [7, 11) is 1.27. The van der Waals surface area contributed by atoms with Crippen LogP contribution in [0.15, 0.2) is 115 Å². The molecule has 0 amide bonds. The van der Waals surface area contributed by atoms with Crippen molar-refractivity contribution in [3.63, 3.8) is 0 Å². The van der Waals surface area contributed by atoms with E-state index in [1.165, 1.54) is 97.7 Å². The number of ether oxygens (including phenoxy) is 1. The van der Waals surface area contributed by atoms with Crippen LogP contribution in [0.3, 0.4) is 0 Å². The van der Waals surface area contributed by atoms with E-state index in [-0.39, 0.29) is 49.9 Å². The number of methoxy groups -OCH3 is 1. The summed E-state index contributed by atoms with van der Waals surface area (Å²) < 4.78 is 5.84. The summed E-state index contributed by atoms with van der Waals surface area (Å²) >= 11 is 0. The molecule has 6 aromatic rings. The van der Waals surface area contributed by atoms with Crippen molar-refractivity contribution in [1.82, 2.24) is 0 Å². The molecular weight excluding hydrogens is 808 g/mol. The maximum Gasteiger partial charge on any atom is 3.00 e. The van der Waals surface area contributed by atoms with Crippen LogP contribution < -0.4 is 9.92 Å². The van der Waals surface area contributed by atoms with E-state index in [1.807, 2.05) is 0 Å². The fourth-order valence-corrected chi connectivity index (χ4v) is 11.0. The summed E-state index contributed by atoms with van der Waals surface area (Å²) in [5, 5.41) is 4.40. The van der Waals surface area contributed by atoms with Crippen molar-refractivity contribution in [2.75, 3.05) is 7.11 Å². The minimum atomic E-state index is -0.522. The first-order valence-electron chi connectivity index (χ1n) is 21.2. The zero-order valence-corrected chi connectivity index (χ0v) is 41.7. The molecule has 2 radical (unpaired) electrons. The van der Waals surface area contributed by atoms with Crippen molar-refractivity contribution in [3.05, 3.63) is 163 Å². The number of hydrogen-bond donors (Lipinski definition) is 0. The molecule has 7 rings (SSSR count). The monoisotopic (exact) mass is 874 g/mol. The zero-order chi connectivity index (χ0) is 41.1. The van der Waals surface area contributed by atoms with Crippen LogP contribution >= 0.6 is 0 Å². The molecule has 6 aromatic carbocycles. The molecule has 59 heavy (non-hydrogen) atoms. The van der Waals surface area contributed by atoms with Crippen molar-refractivity contribution >= 4 is 36.4 Å². The minimum Gasteiger partial charge on any atom is -0.496 e. The normalized spacial score (nSPS) is 14.8. The Morgan fingerprint density at radius 2 is 1.29 bits per heavy atom. The Hall–Kier alpha value is -3.65. The number of aryl methyl sites for hydroxylation is 1. The predicted molar refractivity (Wildman–Crippen MR) is 259 cm³/mol. The average Bonchev–Trinajstić information content (AvgIpc) is 3.69. The van der Waals surface area contributed by atoms with Gasteiger partial charge in [-0.15, -0.1) is 39.1 Å². The zero-order valence-electron chi connectivity index (χ0n) is 38.2. The fraction of sp³-hybridized carbons (Fsp3) is 0.339. The third kappa shape index (κ3) is 9.95. The van der Waals surface area contributed by atoms with Gasteiger partial charge in [0.1, 0.15) is 5.75 Å². The third-order valence-electron chi connectivity index (χ3n) is 11.9. The first-order valence-corrected chi connectivity index (χ1v) is 23.7. The van der Waals surface area contributed by atoms with Crippen molar-refractivity contribution in [1.29, 1.82) is 0 Å². The van der Waals surface area contributed by atoms with E-state index in [2.05, 4.69) is 190 Å². The Morgan fingerprint density at radius 3 is 1.92 bits per heavy atom. The summed E-state index contributed by atoms with van der Waals surface area (Å²) in [6, 6.07) is 42.0. The van der Waals surface area contributed by atoms with Gasteiger partial charge in [0.05, 0.1) is 7.11 Å². The van der Waals surface area contributed by atoms with E-state index >= 15 is 0 Å². The number of benzene rings is 5. The van der Waals surface area contributed by atoms with Gasteiger partial charge in [0, 0.05) is 14.4 Å². The van der Waals surface area contributed by atoms with Gasteiger partial charge in [-0.05, 0) is 50.3 Å². The molecule has 0 bridgehead atoms. The van der Waals surface area contributed by atoms with Crippen molar-refractivity contribution in [2.24, 2.45) is 0 Å². The second-order valence-electron chi connectivity index (χ2n) is 18.5. The van der Waals surface area contributed by atoms with Gasteiger partial charge in [-0.1, -0.05) is 214 Å². The van der Waals surface area contributed by atoms with Gasteiger partial charge in [0.25, 0.3) is 0 Å². The van der Waals surface area contributed by atoms with Crippen LogP contribution in [-0.4, -0.2) is 15.9 Å². The summed E-state index contributed by atoms with van der Waals surface area (Å²) in [5.74, 6) is 0.991. The Morgan fingerprint density at radius 1 is 0.678 bits per heavy atom. The molecule has 1 aliphatic rings. The maximum atomic E-state index is 5.84. The van der Waals surface area contributed by atoms with Gasteiger partial charge in [0.15, 0.2) is 0 Å². The Bertz CT molecular complexity index is 2350.